The lowest BCUT2D eigenvalue weighted by Crippen LogP contribution is -2.38. The van der Waals surface area contributed by atoms with Crippen molar-refractivity contribution in [2.24, 2.45) is 0 Å². The number of rotatable bonds is 5. The van der Waals surface area contributed by atoms with Crippen LogP contribution in [0.25, 0.3) is 11.0 Å². The van der Waals surface area contributed by atoms with Gasteiger partial charge in [-0.05, 0) is 25.0 Å². The lowest BCUT2D eigenvalue weighted by atomic mass is 9.96. The monoisotopic (exact) mass is 367 g/mol. The Morgan fingerprint density at radius 3 is 2.78 bits per heavy atom. The van der Waals surface area contributed by atoms with E-state index in [2.05, 4.69) is 29.0 Å². The predicted molar refractivity (Wildman–Crippen MR) is 101 cm³/mol. The Labute approximate surface area is 158 Å². The van der Waals surface area contributed by atoms with Crippen LogP contribution >= 0.6 is 0 Å². The number of amides is 1. The van der Waals surface area contributed by atoms with E-state index in [4.69, 9.17) is 4.52 Å². The minimum Gasteiger partial charge on any atom is -0.343 e. The smallest absolute Gasteiger partial charge is 0.229 e. The molecule has 7 nitrogen and oxygen atoms in total. The van der Waals surface area contributed by atoms with Crippen LogP contribution in [-0.2, 0) is 11.3 Å². The summed E-state index contributed by atoms with van der Waals surface area (Å²) in [5.74, 6) is 2.20. The largest absolute Gasteiger partial charge is 0.343 e. The Morgan fingerprint density at radius 1 is 1.26 bits per heavy atom. The zero-order valence-electron chi connectivity index (χ0n) is 15.8. The number of likely N-dealkylation sites (tertiary alicyclic amines) is 1. The minimum atomic E-state index is 0.194. The van der Waals surface area contributed by atoms with Crippen molar-refractivity contribution in [3.05, 3.63) is 42.3 Å². The summed E-state index contributed by atoms with van der Waals surface area (Å²) in [4.78, 5) is 23.5. The zero-order valence-corrected chi connectivity index (χ0v) is 15.8. The van der Waals surface area contributed by atoms with Crippen LogP contribution in [-0.4, -0.2) is 43.6 Å². The molecular weight excluding hydrogens is 342 g/mol. The fourth-order valence-electron chi connectivity index (χ4n) is 3.59. The molecule has 0 saturated carbocycles. The maximum atomic E-state index is 12.6. The quantitative estimate of drug-likeness (QED) is 0.691. The first-order valence-electron chi connectivity index (χ1n) is 9.63. The highest BCUT2D eigenvalue weighted by molar-refractivity contribution is 5.77. The van der Waals surface area contributed by atoms with Crippen molar-refractivity contribution < 1.29 is 9.32 Å². The number of piperidine rings is 1. The number of aromatic nitrogens is 4. The fraction of sp³-hybridized carbons (Fsp3) is 0.500. The second-order valence-corrected chi connectivity index (χ2v) is 7.48. The average Bonchev–Trinajstić information content (AvgIpc) is 3.34. The Bertz CT molecular complexity index is 921. The maximum Gasteiger partial charge on any atom is 0.229 e. The number of aryl methyl sites for hydroxylation is 1. The van der Waals surface area contributed by atoms with Gasteiger partial charge in [0, 0.05) is 37.9 Å². The molecule has 27 heavy (non-hydrogen) atoms. The van der Waals surface area contributed by atoms with Crippen LogP contribution in [0, 0.1) is 0 Å². The molecule has 1 aromatic carbocycles. The number of carbonyl (C=O) groups is 1. The summed E-state index contributed by atoms with van der Waals surface area (Å²) < 4.78 is 7.47. The molecule has 0 spiro atoms. The van der Waals surface area contributed by atoms with E-state index in [1.165, 1.54) is 0 Å². The third-order valence-electron chi connectivity index (χ3n) is 5.26. The summed E-state index contributed by atoms with van der Waals surface area (Å²) in [5, 5.41) is 4.05. The number of fused-ring (bicyclic) bond motifs is 1. The number of imidazole rings is 1. The molecule has 7 heteroatoms. The van der Waals surface area contributed by atoms with E-state index >= 15 is 0 Å². The third-order valence-corrected chi connectivity index (χ3v) is 5.26. The first-order chi connectivity index (χ1) is 13.1. The Morgan fingerprint density at radius 2 is 2.04 bits per heavy atom. The molecule has 1 aliphatic heterocycles. The molecular formula is C20H25N5O2. The predicted octanol–water partition coefficient (Wildman–Crippen LogP) is 3.34. The van der Waals surface area contributed by atoms with Gasteiger partial charge in [0.05, 0.1) is 17.4 Å². The minimum absolute atomic E-state index is 0.194. The lowest BCUT2D eigenvalue weighted by molar-refractivity contribution is -0.132. The van der Waals surface area contributed by atoms with Crippen molar-refractivity contribution in [2.75, 3.05) is 13.1 Å². The van der Waals surface area contributed by atoms with Gasteiger partial charge in [-0.3, -0.25) is 4.79 Å². The highest BCUT2D eigenvalue weighted by atomic mass is 16.5. The van der Waals surface area contributed by atoms with Gasteiger partial charge in [-0.1, -0.05) is 31.1 Å². The van der Waals surface area contributed by atoms with Crippen LogP contribution in [0.15, 0.2) is 35.1 Å². The number of para-hydroxylation sites is 2. The molecule has 1 fully saturated rings. The molecule has 2 aromatic heterocycles. The van der Waals surface area contributed by atoms with E-state index < -0.39 is 0 Å². The third kappa shape index (κ3) is 3.72. The molecule has 3 aromatic rings. The summed E-state index contributed by atoms with van der Waals surface area (Å²) in [6.45, 7) is 6.25. The highest BCUT2D eigenvalue weighted by Gasteiger charge is 2.27. The topological polar surface area (TPSA) is 77.0 Å². The van der Waals surface area contributed by atoms with Gasteiger partial charge in [-0.2, -0.15) is 4.98 Å². The van der Waals surface area contributed by atoms with Gasteiger partial charge >= 0.3 is 0 Å². The molecule has 0 atom stereocenters. The molecule has 0 bridgehead atoms. The molecule has 0 unspecified atom stereocenters. The number of carbonyl (C=O) groups excluding carboxylic acids is 1. The summed E-state index contributed by atoms with van der Waals surface area (Å²) in [6.07, 6.45) is 4.05. The standard InChI is InChI=1S/C20H25N5O2/c1-14(2)19-22-20(27-23-19)15-7-10-24(11-8-15)18(26)9-12-25-13-21-16-5-3-4-6-17(16)25/h3-6,13-15H,7-12H2,1-2H3. The van der Waals surface area contributed by atoms with E-state index in [9.17, 15) is 4.79 Å². The van der Waals surface area contributed by atoms with Crippen molar-refractivity contribution in [2.45, 2.75) is 51.5 Å². The van der Waals surface area contributed by atoms with Crippen LogP contribution in [0.5, 0.6) is 0 Å². The first-order valence-corrected chi connectivity index (χ1v) is 9.63. The fourth-order valence-corrected chi connectivity index (χ4v) is 3.59. The summed E-state index contributed by atoms with van der Waals surface area (Å²) in [6, 6.07) is 7.99. The molecule has 4 rings (SSSR count). The molecule has 1 saturated heterocycles. The molecule has 0 aliphatic carbocycles. The Hall–Kier alpha value is -2.70. The number of hydrogen-bond acceptors (Lipinski definition) is 5. The van der Waals surface area contributed by atoms with E-state index in [0.29, 0.717) is 13.0 Å². The van der Waals surface area contributed by atoms with Gasteiger partial charge in [0.25, 0.3) is 0 Å². The van der Waals surface area contributed by atoms with Crippen molar-refractivity contribution in [1.82, 2.24) is 24.6 Å². The second-order valence-electron chi connectivity index (χ2n) is 7.48. The van der Waals surface area contributed by atoms with Gasteiger partial charge < -0.3 is 14.0 Å². The van der Waals surface area contributed by atoms with Crippen molar-refractivity contribution in [3.8, 4) is 0 Å². The molecule has 0 N–H and O–H groups in total. The lowest BCUT2D eigenvalue weighted by Gasteiger charge is -2.30. The van der Waals surface area contributed by atoms with E-state index in [1.807, 2.05) is 40.1 Å². The van der Waals surface area contributed by atoms with Gasteiger partial charge in [-0.25, -0.2) is 4.98 Å². The van der Waals surface area contributed by atoms with E-state index in [0.717, 1.165) is 48.7 Å². The molecule has 142 valence electrons. The maximum absolute atomic E-state index is 12.6. The zero-order chi connectivity index (χ0) is 18.8. The molecule has 0 radical (unpaired) electrons. The van der Waals surface area contributed by atoms with Crippen LogP contribution < -0.4 is 0 Å². The average molecular weight is 367 g/mol. The Kier molecular flexibility index (Phi) is 4.92. The first kappa shape index (κ1) is 17.7. The molecule has 1 aliphatic rings. The number of hydrogen-bond donors (Lipinski definition) is 0. The molecule has 3 heterocycles. The van der Waals surface area contributed by atoms with E-state index in [-0.39, 0.29) is 17.7 Å². The van der Waals surface area contributed by atoms with Crippen LogP contribution in [0.2, 0.25) is 0 Å². The summed E-state index contributed by atoms with van der Waals surface area (Å²) >= 11 is 0. The van der Waals surface area contributed by atoms with E-state index in [1.54, 1.807) is 0 Å². The van der Waals surface area contributed by atoms with Crippen LogP contribution in [0.4, 0.5) is 0 Å². The van der Waals surface area contributed by atoms with Crippen LogP contribution in [0.3, 0.4) is 0 Å². The summed E-state index contributed by atoms with van der Waals surface area (Å²) in [7, 11) is 0. The van der Waals surface area contributed by atoms with Crippen molar-refractivity contribution >= 4 is 16.9 Å². The number of nitrogens with zero attached hydrogens (tertiary/aromatic N) is 5. The van der Waals surface area contributed by atoms with Crippen LogP contribution in [0.1, 0.15) is 56.7 Å². The molecule has 1 amide bonds. The van der Waals surface area contributed by atoms with Crippen molar-refractivity contribution in [1.29, 1.82) is 0 Å². The van der Waals surface area contributed by atoms with Gasteiger partial charge in [0.1, 0.15) is 0 Å². The number of benzene rings is 1. The van der Waals surface area contributed by atoms with Gasteiger partial charge in [0.2, 0.25) is 11.8 Å². The summed E-state index contributed by atoms with van der Waals surface area (Å²) in [5.41, 5.74) is 2.03. The SMILES string of the molecule is CC(C)c1noc(C2CCN(C(=O)CCn3cnc4ccccc43)CC2)n1. The Balaban J connectivity index is 1.30. The second kappa shape index (κ2) is 7.50. The van der Waals surface area contributed by atoms with Gasteiger partial charge in [0.15, 0.2) is 5.82 Å². The highest BCUT2D eigenvalue weighted by Crippen LogP contribution is 2.28. The van der Waals surface area contributed by atoms with Crippen molar-refractivity contribution in [3.63, 3.8) is 0 Å². The normalized spacial score (nSPS) is 15.7. The van der Waals surface area contributed by atoms with Gasteiger partial charge in [-0.15, -0.1) is 0 Å².